The normalized spacial score (nSPS) is 10.8. The van der Waals surface area contributed by atoms with Gasteiger partial charge in [-0.3, -0.25) is 14.3 Å². The second kappa shape index (κ2) is 6.07. The largest absolute Gasteiger partial charge is 0.383 e. The fourth-order valence-corrected chi connectivity index (χ4v) is 2.17. The lowest BCUT2D eigenvalue weighted by Crippen LogP contribution is -2.37. The first-order chi connectivity index (χ1) is 9.54. The van der Waals surface area contributed by atoms with Gasteiger partial charge in [-0.25, -0.2) is 4.79 Å². The van der Waals surface area contributed by atoms with E-state index < -0.39 is 11.2 Å². The van der Waals surface area contributed by atoms with Gasteiger partial charge in [0.2, 0.25) is 0 Å². The van der Waals surface area contributed by atoms with Gasteiger partial charge in [-0.05, 0) is 12.5 Å². The zero-order valence-corrected chi connectivity index (χ0v) is 12.0. The summed E-state index contributed by atoms with van der Waals surface area (Å²) in [6.45, 7) is 2.41. The molecule has 0 bridgehead atoms. The Bertz CT molecular complexity index is 717. The van der Waals surface area contributed by atoms with Crippen molar-refractivity contribution in [2.45, 2.75) is 13.5 Å². The lowest BCUT2D eigenvalue weighted by molar-refractivity contribution is 0.185. The second-order valence-corrected chi connectivity index (χ2v) is 4.81. The molecule has 1 heterocycles. The Morgan fingerprint density at radius 1 is 1.25 bits per heavy atom. The number of aryl methyl sites for hydroxylation is 1. The van der Waals surface area contributed by atoms with Gasteiger partial charge < -0.3 is 4.74 Å². The van der Waals surface area contributed by atoms with Gasteiger partial charge in [-0.15, -0.1) is 0 Å². The first-order valence-electron chi connectivity index (χ1n) is 6.13. The number of ether oxygens (including phenoxy) is 1. The molecule has 5 nitrogen and oxygen atoms in total. The first-order valence-corrected chi connectivity index (χ1v) is 6.51. The van der Waals surface area contributed by atoms with Crippen molar-refractivity contribution in [1.82, 2.24) is 9.55 Å². The Kier molecular flexibility index (Phi) is 4.42. The molecule has 106 valence electrons. The molecule has 1 aromatic heterocycles. The highest BCUT2D eigenvalue weighted by atomic mass is 35.5. The molecule has 0 aliphatic heterocycles. The average molecular weight is 295 g/mol. The molecule has 0 unspecified atom stereocenters. The SMILES string of the molecule is COCCn1c(=O)[nH]c(Cl)c(-c2ccc(C)cc2)c1=O. The number of aromatic nitrogens is 2. The number of halogens is 1. The van der Waals surface area contributed by atoms with Crippen LogP contribution >= 0.6 is 11.6 Å². The van der Waals surface area contributed by atoms with Crippen LogP contribution in [0.15, 0.2) is 33.9 Å². The number of hydrogen-bond acceptors (Lipinski definition) is 3. The van der Waals surface area contributed by atoms with Crippen molar-refractivity contribution in [2.24, 2.45) is 0 Å². The molecule has 1 aromatic carbocycles. The molecule has 0 atom stereocenters. The minimum absolute atomic E-state index is 0.0533. The van der Waals surface area contributed by atoms with Crippen molar-refractivity contribution in [3.05, 3.63) is 55.8 Å². The second-order valence-electron chi connectivity index (χ2n) is 4.43. The van der Waals surface area contributed by atoms with E-state index >= 15 is 0 Å². The number of rotatable bonds is 4. The molecule has 0 saturated heterocycles. The molecule has 0 saturated carbocycles. The highest BCUT2D eigenvalue weighted by molar-refractivity contribution is 6.32. The Balaban J connectivity index is 2.61. The van der Waals surface area contributed by atoms with Gasteiger partial charge in [0.25, 0.3) is 5.56 Å². The van der Waals surface area contributed by atoms with Crippen molar-refractivity contribution in [3.63, 3.8) is 0 Å². The number of benzene rings is 1. The third-order valence-corrected chi connectivity index (χ3v) is 3.28. The predicted octanol–water partition coefficient (Wildman–Crippen LogP) is 1.81. The Morgan fingerprint density at radius 3 is 2.50 bits per heavy atom. The van der Waals surface area contributed by atoms with E-state index in [0.717, 1.165) is 10.1 Å². The fourth-order valence-electron chi connectivity index (χ4n) is 1.90. The van der Waals surface area contributed by atoms with Crippen molar-refractivity contribution >= 4 is 11.6 Å². The van der Waals surface area contributed by atoms with Crippen LogP contribution in [0.5, 0.6) is 0 Å². The third-order valence-electron chi connectivity index (χ3n) is 3.00. The van der Waals surface area contributed by atoms with Crippen LogP contribution in [0.1, 0.15) is 5.56 Å². The highest BCUT2D eigenvalue weighted by Gasteiger charge is 2.14. The average Bonchev–Trinajstić information content (AvgIpc) is 2.40. The summed E-state index contributed by atoms with van der Waals surface area (Å²) in [5, 5.41) is 0.0533. The third kappa shape index (κ3) is 2.84. The van der Waals surface area contributed by atoms with Crippen molar-refractivity contribution in [2.75, 3.05) is 13.7 Å². The summed E-state index contributed by atoms with van der Waals surface area (Å²) in [5.74, 6) is 0. The minimum atomic E-state index is -0.534. The molecule has 0 fully saturated rings. The van der Waals surface area contributed by atoms with Crippen LogP contribution in [0, 0.1) is 6.92 Å². The zero-order chi connectivity index (χ0) is 14.7. The summed E-state index contributed by atoms with van der Waals surface area (Å²) in [4.78, 5) is 26.7. The maximum Gasteiger partial charge on any atom is 0.329 e. The Hall–Kier alpha value is -1.85. The standard InChI is InChI=1S/C14H15ClN2O3/c1-9-3-5-10(6-4-9)11-12(15)16-14(19)17(13(11)18)7-8-20-2/h3-6H,7-8H2,1-2H3,(H,16,19). The van der Waals surface area contributed by atoms with E-state index in [1.165, 1.54) is 7.11 Å². The molecule has 1 N–H and O–H groups in total. The van der Waals surface area contributed by atoms with Crippen LogP contribution in [-0.2, 0) is 11.3 Å². The summed E-state index contributed by atoms with van der Waals surface area (Å²) in [5.41, 5.74) is 1.09. The van der Waals surface area contributed by atoms with Crippen molar-refractivity contribution in [3.8, 4) is 11.1 Å². The van der Waals surface area contributed by atoms with Crippen LogP contribution in [0.3, 0.4) is 0 Å². The van der Waals surface area contributed by atoms with Crippen molar-refractivity contribution in [1.29, 1.82) is 0 Å². The number of methoxy groups -OCH3 is 1. The Morgan fingerprint density at radius 2 is 1.90 bits per heavy atom. The van der Waals surface area contributed by atoms with Gasteiger partial charge in [0.1, 0.15) is 5.15 Å². The summed E-state index contributed by atoms with van der Waals surface area (Å²) in [6, 6.07) is 7.37. The van der Waals surface area contributed by atoms with Crippen molar-refractivity contribution < 1.29 is 4.74 Å². The molecule has 0 spiro atoms. The van der Waals surface area contributed by atoms with E-state index in [-0.39, 0.29) is 18.3 Å². The molecular weight excluding hydrogens is 280 g/mol. The highest BCUT2D eigenvalue weighted by Crippen LogP contribution is 2.21. The van der Waals surface area contributed by atoms with E-state index in [1.807, 2.05) is 19.1 Å². The lowest BCUT2D eigenvalue weighted by Gasteiger charge is -2.09. The quantitative estimate of drug-likeness (QED) is 0.875. The van der Waals surface area contributed by atoms with E-state index in [2.05, 4.69) is 4.98 Å². The van der Waals surface area contributed by atoms with Crippen LogP contribution in [0.25, 0.3) is 11.1 Å². The van der Waals surface area contributed by atoms with Crippen LogP contribution in [0.2, 0.25) is 5.15 Å². The maximum atomic E-state index is 12.4. The van der Waals surface area contributed by atoms with E-state index in [1.54, 1.807) is 12.1 Å². The molecular formula is C14H15ClN2O3. The van der Waals surface area contributed by atoms with Crippen LogP contribution < -0.4 is 11.2 Å². The van der Waals surface area contributed by atoms with Gasteiger partial charge in [0, 0.05) is 7.11 Å². The van der Waals surface area contributed by atoms with Crippen LogP contribution in [0.4, 0.5) is 0 Å². The summed E-state index contributed by atoms with van der Waals surface area (Å²) in [7, 11) is 1.51. The predicted molar refractivity (Wildman–Crippen MR) is 78.4 cm³/mol. The number of nitrogens with zero attached hydrogens (tertiary/aromatic N) is 1. The monoisotopic (exact) mass is 294 g/mol. The van der Waals surface area contributed by atoms with Gasteiger partial charge in [0.05, 0.1) is 18.7 Å². The fraction of sp³-hybridized carbons (Fsp3) is 0.286. The molecule has 2 aromatic rings. The molecule has 0 aliphatic rings. The number of nitrogens with one attached hydrogen (secondary N) is 1. The topological polar surface area (TPSA) is 64.1 Å². The van der Waals surface area contributed by atoms with Gasteiger partial charge in [-0.1, -0.05) is 41.4 Å². The number of aromatic amines is 1. The summed E-state index contributed by atoms with van der Waals surface area (Å²) >= 11 is 6.01. The minimum Gasteiger partial charge on any atom is -0.383 e. The molecule has 0 radical (unpaired) electrons. The summed E-state index contributed by atoms with van der Waals surface area (Å²) in [6.07, 6.45) is 0. The van der Waals surface area contributed by atoms with E-state index in [0.29, 0.717) is 11.1 Å². The number of H-pyrrole nitrogens is 1. The van der Waals surface area contributed by atoms with Crippen LogP contribution in [-0.4, -0.2) is 23.3 Å². The number of hydrogen-bond donors (Lipinski definition) is 1. The molecule has 0 aliphatic carbocycles. The lowest BCUT2D eigenvalue weighted by atomic mass is 10.1. The summed E-state index contributed by atoms with van der Waals surface area (Å²) < 4.78 is 5.99. The van der Waals surface area contributed by atoms with Gasteiger partial charge in [0.15, 0.2) is 0 Å². The molecule has 6 heteroatoms. The van der Waals surface area contributed by atoms with Gasteiger partial charge >= 0.3 is 5.69 Å². The smallest absolute Gasteiger partial charge is 0.329 e. The van der Waals surface area contributed by atoms with Gasteiger partial charge in [-0.2, -0.15) is 0 Å². The maximum absolute atomic E-state index is 12.4. The first kappa shape index (κ1) is 14.6. The molecule has 0 amide bonds. The van der Waals surface area contributed by atoms with E-state index in [4.69, 9.17) is 16.3 Å². The molecule has 20 heavy (non-hydrogen) atoms. The molecule has 2 rings (SSSR count). The Labute approximate surface area is 120 Å². The van der Waals surface area contributed by atoms with E-state index in [9.17, 15) is 9.59 Å². The zero-order valence-electron chi connectivity index (χ0n) is 11.3.